The third-order valence-electron chi connectivity index (χ3n) is 2.52. The van der Waals surface area contributed by atoms with Crippen LogP contribution in [0.1, 0.15) is 11.1 Å². The van der Waals surface area contributed by atoms with Crippen LogP contribution in [0.2, 0.25) is 10.0 Å². The van der Waals surface area contributed by atoms with E-state index in [1.54, 1.807) is 12.1 Å². The molecule has 17 heavy (non-hydrogen) atoms. The number of halogens is 2. The minimum atomic E-state index is 0.695. The Kier molecular flexibility index (Phi) is 3.60. The minimum Gasteiger partial charge on any atom is -0.457 e. The molecular weight excluding hydrogens is 255 g/mol. The number of hydrogen-bond donors (Lipinski definition) is 0. The van der Waals surface area contributed by atoms with Gasteiger partial charge in [0, 0.05) is 10.0 Å². The molecule has 0 bridgehead atoms. The van der Waals surface area contributed by atoms with Gasteiger partial charge in [0.2, 0.25) is 0 Å². The van der Waals surface area contributed by atoms with Crippen LogP contribution in [0.4, 0.5) is 0 Å². The van der Waals surface area contributed by atoms with Crippen molar-refractivity contribution >= 4 is 23.2 Å². The zero-order chi connectivity index (χ0) is 12.4. The molecule has 0 atom stereocenters. The summed E-state index contributed by atoms with van der Waals surface area (Å²) in [4.78, 5) is 0. The average molecular weight is 267 g/mol. The zero-order valence-electron chi connectivity index (χ0n) is 9.63. The maximum atomic E-state index is 6.03. The number of ether oxygens (including phenoxy) is 1. The highest BCUT2D eigenvalue weighted by molar-refractivity contribution is 6.31. The summed E-state index contributed by atoms with van der Waals surface area (Å²) in [6.07, 6.45) is 0. The second-order valence-electron chi connectivity index (χ2n) is 3.92. The lowest BCUT2D eigenvalue weighted by Gasteiger charge is -2.08. The Morgan fingerprint density at radius 1 is 0.765 bits per heavy atom. The molecule has 0 aromatic heterocycles. The molecule has 0 saturated carbocycles. The third-order valence-corrected chi connectivity index (χ3v) is 3.34. The van der Waals surface area contributed by atoms with Crippen LogP contribution in [-0.2, 0) is 0 Å². The molecule has 0 unspecified atom stereocenters. The highest BCUT2D eigenvalue weighted by atomic mass is 35.5. The van der Waals surface area contributed by atoms with Crippen LogP contribution in [0.25, 0.3) is 0 Å². The summed E-state index contributed by atoms with van der Waals surface area (Å²) in [6.45, 7) is 3.91. The Bertz CT molecular complexity index is 500. The largest absolute Gasteiger partial charge is 0.457 e. The molecule has 2 rings (SSSR count). The van der Waals surface area contributed by atoms with Crippen LogP contribution in [0.5, 0.6) is 11.5 Å². The second-order valence-corrected chi connectivity index (χ2v) is 4.74. The molecule has 1 nitrogen and oxygen atoms in total. The molecule has 0 heterocycles. The van der Waals surface area contributed by atoms with E-state index in [0.29, 0.717) is 21.5 Å². The summed E-state index contributed by atoms with van der Waals surface area (Å²) in [5.74, 6) is 1.42. The highest BCUT2D eigenvalue weighted by Gasteiger charge is 2.02. The van der Waals surface area contributed by atoms with Crippen LogP contribution in [0, 0.1) is 13.8 Å². The zero-order valence-corrected chi connectivity index (χ0v) is 11.1. The number of benzene rings is 2. The van der Waals surface area contributed by atoms with Crippen molar-refractivity contribution in [1.82, 2.24) is 0 Å². The van der Waals surface area contributed by atoms with Crippen molar-refractivity contribution in [1.29, 1.82) is 0 Å². The Morgan fingerprint density at radius 3 is 1.53 bits per heavy atom. The predicted molar refractivity (Wildman–Crippen MR) is 72.5 cm³/mol. The fourth-order valence-electron chi connectivity index (χ4n) is 1.41. The first-order valence-corrected chi connectivity index (χ1v) is 6.02. The lowest BCUT2D eigenvalue weighted by Crippen LogP contribution is -1.86. The van der Waals surface area contributed by atoms with Gasteiger partial charge in [-0.25, -0.2) is 0 Å². The molecule has 0 aliphatic carbocycles. The van der Waals surface area contributed by atoms with E-state index < -0.39 is 0 Å². The standard InChI is InChI=1S/C14H12Cl2O/c1-9-3-5-11(7-13(9)15)17-12-6-4-10(2)14(16)8-12/h3-8H,1-2H3. The van der Waals surface area contributed by atoms with E-state index in [4.69, 9.17) is 27.9 Å². The van der Waals surface area contributed by atoms with Crippen LogP contribution in [0.15, 0.2) is 36.4 Å². The molecule has 0 aliphatic heterocycles. The van der Waals surface area contributed by atoms with Gasteiger partial charge in [-0.2, -0.15) is 0 Å². The van der Waals surface area contributed by atoms with Crippen LogP contribution >= 0.6 is 23.2 Å². The maximum absolute atomic E-state index is 6.03. The molecule has 2 aromatic rings. The van der Waals surface area contributed by atoms with Crippen molar-refractivity contribution in [3.63, 3.8) is 0 Å². The fourth-order valence-corrected chi connectivity index (χ4v) is 1.75. The summed E-state index contributed by atoms with van der Waals surface area (Å²) < 4.78 is 5.68. The lowest BCUT2D eigenvalue weighted by atomic mass is 10.2. The van der Waals surface area contributed by atoms with Crippen molar-refractivity contribution in [3.8, 4) is 11.5 Å². The Hall–Kier alpha value is -1.18. The van der Waals surface area contributed by atoms with Gasteiger partial charge >= 0.3 is 0 Å². The van der Waals surface area contributed by atoms with Crippen molar-refractivity contribution in [3.05, 3.63) is 57.6 Å². The molecule has 0 radical (unpaired) electrons. The van der Waals surface area contributed by atoms with Crippen molar-refractivity contribution in [2.24, 2.45) is 0 Å². The first kappa shape index (κ1) is 12.3. The third kappa shape index (κ3) is 2.93. The summed E-state index contributed by atoms with van der Waals surface area (Å²) in [5, 5.41) is 1.39. The van der Waals surface area contributed by atoms with E-state index >= 15 is 0 Å². The number of aryl methyl sites for hydroxylation is 2. The van der Waals surface area contributed by atoms with E-state index in [1.165, 1.54) is 0 Å². The van der Waals surface area contributed by atoms with Gasteiger partial charge in [0.1, 0.15) is 11.5 Å². The topological polar surface area (TPSA) is 9.23 Å². The van der Waals surface area contributed by atoms with Crippen molar-refractivity contribution in [2.45, 2.75) is 13.8 Å². The van der Waals surface area contributed by atoms with Gasteiger partial charge in [0.25, 0.3) is 0 Å². The Balaban J connectivity index is 2.25. The van der Waals surface area contributed by atoms with E-state index in [-0.39, 0.29) is 0 Å². The first-order chi connectivity index (χ1) is 8.06. The Labute approximate surface area is 111 Å². The molecule has 2 aromatic carbocycles. The summed E-state index contributed by atoms with van der Waals surface area (Å²) in [7, 11) is 0. The smallest absolute Gasteiger partial charge is 0.128 e. The van der Waals surface area contributed by atoms with E-state index in [1.807, 2.05) is 38.1 Å². The monoisotopic (exact) mass is 266 g/mol. The minimum absolute atomic E-state index is 0.695. The van der Waals surface area contributed by atoms with Gasteiger partial charge in [-0.3, -0.25) is 0 Å². The maximum Gasteiger partial charge on any atom is 0.128 e. The van der Waals surface area contributed by atoms with Crippen molar-refractivity contribution < 1.29 is 4.74 Å². The summed E-state index contributed by atoms with van der Waals surface area (Å²) in [6, 6.07) is 11.2. The van der Waals surface area contributed by atoms with Crippen molar-refractivity contribution in [2.75, 3.05) is 0 Å². The quantitative estimate of drug-likeness (QED) is 0.707. The van der Waals surface area contributed by atoms with Crippen LogP contribution in [-0.4, -0.2) is 0 Å². The normalized spacial score (nSPS) is 10.4. The Morgan fingerprint density at radius 2 is 1.18 bits per heavy atom. The molecule has 88 valence electrons. The number of hydrogen-bond acceptors (Lipinski definition) is 1. The molecule has 3 heteroatoms. The molecule has 0 saturated heterocycles. The fraction of sp³-hybridized carbons (Fsp3) is 0.143. The average Bonchev–Trinajstić information content (AvgIpc) is 2.29. The molecule has 0 fully saturated rings. The van der Waals surface area contributed by atoms with E-state index in [2.05, 4.69) is 0 Å². The first-order valence-electron chi connectivity index (χ1n) is 5.26. The van der Waals surface area contributed by atoms with Gasteiger partial charge in [-0.15, -0.1) is 0 Å². The molecule has 0 spiro atoms. The van der Waals surface area contributed by atoms with Crippen LogP contribution in [0.3, 0.4) is 0 Å². The molecule has 0 amide bonds. The highest BCUT2D eigenvalue weighted by Crippen LogP contribution is 2.29. The molecule has 0 N–H and O–H groups in total. The summed E-state index contributed by atoms with van der Waals surface area (Å²) in [5.41, 5.74) is 2.06. The van der Waals surface area contributed by atoms with Gasteiger partial charge in [0.05, 0.1) is 0 Å². The summed E-state index contributed by atoms with van der Waals surface area (Å²) >= 11 is 12.1. The van der Waals surface area contributed by atoms with Crippen LogP contribution < -0.4 is 4.74 Å². The predicted octanol–water partition coefficient (Wildman–Crippen LogP) is 5.40. The SMILES string of the molecule is Cc1ccc(Oc2ccc(C)c(Cl)c2)cc1Cl. The lowest BCUT2D eigenvalue weighted by molar-refractivity contribution is 0.482. The van der Waals surface area contributed by atoms with Gasteiger partial charge in [-0.1, -0.05) is 35.3 Å². The van der Waals surface area contributed by atoms with Gasteiger partial charge in [-0.05, 0) is 49.2 Å². The molecule has 0 aliphatic rings. The van der Waals surface area contributed by atoms with E-state index in [9.17, 15) is 0 Å². The van der Waals surface area contributed by atoms with Gasteiger partial charge < -0.3 is 4.74 Å². The number of rotatable bonds is 2. The van der Waals surface area contributed by atoms with Gasteiger partial charge in [0.15, 0.2) is 0 Å². The second kappa shape index (κ2) is 4.99. The van der Waals surface area contributed by atoms with E-state index in [0.717, 1.165) is 11.1 Å². The molecular formula is C14H12Cl2O.